The third-order valence-corrected chi connectivity index (χ3v) is 3.90. The van der Waals surface area contributed by atoms with Crippen molar-refractivity contribution in [3.63, 3.8) is 0 Å². The lowest BCUT2D eigenvalue weighted by Gasteiger charge is -2.18. The van der Waals surface area contributed by atoms with Crippen LogP contribution >= 0.6 is 24.8 Å². The van der Waals surface area contributed by atoms with Crippen molar-refractivity contribution in [1.29, 1.82) is 0 Å². The van der Waals surface area contributed by atoms with E-state index in [1.165, 1.54) is 18.7 Å². The maximum Gasteiger partial charge on any atom is 0.118 e. The highest BCUT2D eigenvalue weighted by atomic mass is 35.5. The lowest BCUT2D eigenvalue weighted by Crippen LogP contribution is -2.27. The molecular formula is C13H20Cl2N2O. The van der Waals surface area contributed by atoms with Gasteiger partial charge in [0.15, 0.2) is 0 Å². The van der Waals surface area contributed by atoms with Gasteiger partial charge in [0, 0.05) is 25.7 Å². The van der Waals surface area contributed by atoms with Crippen LogP contribution in [0.4, 0.5) is 0 Å². The lowest BCUT2D eigenvalue weighted by molar-refractivity contribution is 0.290. The van der Waals surface area contributed by atoms with Crippen molar-refractivity contribution < 1.29 is 4.74 Å². The first-order valence-corrected chi connectivity index (χ1v) is 5.89. The first-order chi connectivity index (χ1) is 7.78. The summed E-state index contributed by atoms with van der Waals surface area (Å²) >= 11 is 0. The van der Waals surface area contributed by atoms with Crippen molar-refractivity contribution in [1.82, 2.24) is 4.90 Å². The molecule has 0 bridgehead atoms. The molecule has 3 nitrogen and oxygen atoms in total. The predicted molar refractivity (Wildman–Crippen MR) is 77.7 cm³/mol. The summed E-state index contributed by atoms with van der Waals surface area (Å²) in [6, 6.07) is 8.83. The summed E-state index contributed by atoms with van der Waals surface area (Å²) in [7, 11) is 1.70. The fourth-order valence-electron chi connectivity index (χ4n) is 2.78. The molecule has 0 amide bonds. The average molecular weight is 291 g/mol. The van der Waals surface area contributed by atoms with Gasteiger partial charge in [-0.05, 0) is 29.5 Å². The summed E-state index contributed by atoms with van der Waals surface area (Å²) in [5.41, 5.74) is 7.28. The standard InChI is InChI=1S/C13H18N2O.2ClH/c1-16-10-4-2-9(3-5-10)6-15-7-11-12(8-15)13(11)14;;/h2-5,11-13H,6-8,14H2,1H3;2*1H. The van der Waals surface area contributed by atoms with Crippen molar-refractivity contribution in [2.45, 2.75) is 12.6 Å². The number of nitrogens with zero attached hydrogens (tertiary/aromatic N) is 1. The van der Waals surface area contributed by atoms with Gasteiger partial charge in [0.05, 0.1) is 7.11 Å². The predicted octanol–water partition coefficient (Wildman–Crippen LogP) is 1.93. The fourth-order valence-corrected chi connectivity index (χ4v) is 2.78. The van der Waals surface area contributed by atoms with Crippen molar-refractivity contribution in [2.24, 2.45) is 17.6 Å². The molecule has 0 spiro atoms. The van der Waals surface area contributed by atoms with E-state index in [4.69, 9.17) is 10.5 Å². The van der Waals surface area contributed by atoms with Crippen LogP contribution in [0.25, 0.3) is 0 Å². The SMILES string of the molecule is COc1ccc(CN2CC3C(N)C3C2)cc1.Cl.Cl. The number of hydrogen-bond donors (Lipinski definition) is 1. The number of fused-ring (bicyclic) bond motifs is 1. The van der Waals surface area contributed by atoms with Gasteiger partial charge >= 0.3 is 0 Å². The minimum absolute atomic E-state index is 0. The van der Waals surface area contributed by atoms with Gasteiger partial charge in [-0.15, -0.1) is 24.8 Å². The Morgan fingerprint density at radius 3 is 2.22 bits per heavy atom. The molecule has 2 aliphatic rings. The number of rotatable bonds is 3. The molecule has 2 fully saturated rings. The van der Waals surface area contributed by atoms with Crippen molar-refractivity contribution in [3.8, 4) is 5.75 Å². The minimum atomic E-state index is 0. The second-order valence-corrected chi connectivity index (χ2v) is 4.95. The number of ether oxygens (including phenoxy) is 1. The maximum atomic E-state index is 5.92. The zero-order valence-electron chi connectivity index (χ0n) is 10.4. The molecular weight excluding hydrogens is 271 g/mol. The Morgan fingerprint density at radius 1 is 1.17 bits per heavy atom. The summed E-state index contributed by atoms with van der Waals surface area (Å²) < 4.78 is 5.15. The van der Waals surface area contributed by atoms with Gasteiger partial charge in [0.25, 0.3) is 0 Å². The smallest absolute Gasteiger partial charge is 0.118 e. The third kappa shape index (κ3) is 2.91. The van der Waals surface area contributed by atoms with Gasteiger partial charge in [0.2, 0.25) is 0 Å². The summed E-state index contributed by atoms with van der Waals surface area (Å²) in [4.78, 5) is 2.50. The van der Waals surface area contributed by atoms with Crippen LogP contribution in [0.5, 0.6) is 5.75 Å². The van der Waals surface area contributed by atoms with E-state index in [1.807, 2.05) is 12.1 Å². The number of piperidine rings is 1. The molecule has 1 aliphatic heterocycles. The molecule has 1 heterocycles. The molecule has 1 saturated heterocycles. The van der Waals surface area contributed by atoms with Crippen molar-refractivity contribution in [3.05, 3.63) is 29.8 Å². The minimum Gasteiger partial charge on any atom is -0.497 e. The van der Waals surface area contributed by atoms with Crippen LogP contribution in [0.15, 0.2) is 24.3 Å². The van der Waals surface area contributed by atoms with E-state index < -0.39 is 0 Å². The molecule has 0 radical (unpaired) electrons. The zero-order chi connectivity index (χ0) is 11.1. The van der Waals surface area contributed by atoms with Crippen LogP contribution < -0.4 is 10.5 Å². The Morgan fingerprint density at radius 2 is 1.72 bits per heavy atom. The monoisotopic (exact) mass is 290 g/mol. The van der Waals surface area contributed by atoms with Gasteiger partial charge in [-0.1, -0.05) is 12.1 Å². The van der Waals surface area contributed by atoms with Crippen LogP contribution in [0.2, 0.25) is 0 Å². The van der Waals surface area contributed by atoms with Gasteiger partial charge in [-0.25, -0.2) is 0 Å². The molecule has 1 aromatic rings. The topological polar surface area (TPSA) is 38.5 Å². The highest BCUT2D eigenvalue weighted by Gasteiger charge is 2.53. The largest absolute Gasteiger partial charge is 0.497 e. The molecule has 1 saturated carbocycles. The molecule has 3 rings (SSSR count). The van der Waals surface area contributed by atoms with E-state index >= 15 is 0 Å². The fraction of sp³-hybridized carbons (Fsp3) is 0.538. The van der Waals surface area contributed by atoms with Crippen LogP contribution in [0.3, 0.4) is 0 Å². The van der Waals surface area contributed by atoms with E-state index in [0.29, 0.717) is 6.04 Å². The van der Waals surface area contributed by atoms with Gasteiger partial charge in [-0.3, -0.25) is 4.90 Å². The quantitative estimate of drug-likeness (QED) is 0.925. The van der Waals surface area contributed by atoms with Crippen LogP contribution in [-0.2, 0) is 6.54 Å². The zero-order valence-corrected chi connectivity index (χ0v) is 12.0. The first-order valence-electron chi connectivity index (χ1n) is 5.89. The van der Waals surface area contributed by atoms with E-state index in [9.17, 15) is 0 Å². The molecule has 1 aromatic carbocycles. The molecule has 2 unspecified atom stereocenters. The summed E-state index contributed by atoms with van der Waals surface area (Å²) in [5, 5.41) is 0. The number of nitrogens with two attached hydrogens (primary N) is 1. The number of likely N-dealkylation sites (tertiary alicyclic amines) is 1. The Kier molecular flexibility index (Phi) is 5.29. The van der Waals surface area contributed by atoms with E-state index in [1.54, 1.807) is 7.11 Å². The molecule has 2 atom stereocenters. The Bertz CT molecular complexity index is 373. The number of benzene rings is 1. The van der Waals surface area contributed by atoms with E-state index in [-0.39, 0.29) is 24.8 Å². The maximum absolute atomic E-state index is 5.92. The highest BCUT2D eigenvalue weighted by Crippen LogP contribution is 2.44. The third-order valence-electron chi connectivity index (χ3n) is 3.90. The first kappa shape index (κ1) is 15.6. The number of methoxy groups -OCH3 is 1. The second-order valence-electron chi connectivity index (χ2n) is 4.95. The highest BCUT2D eigenvalue weighted by molar-refractivity contribution is 5.85. The average Bonchev–Trinajstić information content (AvgIpc) is 2.77. The Hall–Kier alpha value is -0.480. The molecule has 5 heteroatoms. The van der Waals surface area contributed by atoms with Crippen molar-refractivity contribution >= 4 is 24.8 Å². The van der Waals surface area contributed by atoms with E-state index in [2.05, 4.69) is 17.0 Å². The van der Waals surface area contributed by atoms with E-state index in [0.717, 1.165) is 24.1 Å². The normalized spacial score (nSPS) is 28.9. The second kappa shape index (κ2) is 6.11. The summed E-state index contributed by atoms with van der Waals surface area (Å²) in [6.07, 6.45) is 0. The lowest BCUT2D eigenvalue weighted by atomic mass is 10.2. The number of halogens is 2. The van der Waals surface area contributed by atoms with Crippen LogP contribution in [0.1, 0.15) is 5.56 Å². The molecule has 18 heavy (non-hydrogen) atoms. The molecule has 2 N–H and O–H groups in total. The van der Waals surface area contributed by atoms with Crippen molar-refractivity contribution in [2.75, 3.05) is 20.2 Å². The van der Waals surface area contributed by atoms with Gasteiger partial charge in [0.1, 0.15) is 5.75 Å². The van der Waals surface area contributed by atoms with Crippen LogP contribution in [-0.4, -0.2) is 31.1 Å². The Labute approximate surface area is 120 Å². The van der Waals surface area contributed by atoms with Crippen LogP contribution in [0, 0.1) is 11.8 Å². The molecule has 0 aromatic heterocycles. The summed E-state index contributed by atoms with van der Waals surface area (Å²) in [5.74, 6) is 2.48. The van der Waals surface area contributed by atoms with Gasteiger partial charge < -0.3 is 10.5 Å². The Balaban J connectivity index is 0.000000810. The molecule has 1 aliphatic carbocycles. The van der Waals surface area contributed by atoms with Gasteiger partial charge in [-0.2, -0.15) is 0 Å². The molecule has 102 valence electrons. The summed E-state index contributed by atoms with van der Waals surface area (Å²) in [6.45, 7) is 3.40. The number of hydrogen-bond acceptors (Lipinski definition) is 3.